The zero-order valence-electron chi connectivity index (χ0n) is 13.3. The fraction of sp³-hybridized carbons (Fsp3) is 0.333. The van der Waals surface area contributed by atoms with Crippen molar-refractivity contribution in [2.75, 3.05) is 26.7 Å². The van der Waals surface area contributed by atoms with Crippen LogP contribution in [-0.2, 0) is 6.54 Å². The van der Waals surface area contributed by atoms with Gasteiger partial charge in [-0.3, -0.25) is 9.30 Å². The van der Waals surface area contributed by atoms with E-state index in [9.17, 15) is 0 Å². The zero-order chi connectivity index (χ0) is 15.6. The van der Waals surface area contributed by atoms with Gasteiger partial charge in [0.15, 0.2) is 0 Å². The van der Waals surface area contributed by atoms with E-state index in [1.165, 1.54) is 5.56 Å². The molecule has 1 aliphatic rings. The fourth-order valence-corrected chi connectivity index (χ4v) is 3.30. The molecule has 1 aromatic carbocycles. The van der Waals surface area contributed by atoms with Gasteiger partial charge in [-0.15, -0.1) is 0 Å². The van der Waals surface area contributed by atoms with E-state index >= 15 is 0 Å². The topological polar surface area (TPSA) is 36.7 Å². The average Bonchev–Trinajstić information content (AvgIpc) is 2.99. The molecule has 0 saturated carbocycles. The largest absolute Gasteiger partial charge is 0.303 e. The maximum atomic E-state index is 4.65. The van der Waals surface area contributed by atoms with E-state index in [2.05, 4.69) is 63.3 Å². The molecular weight excluding hydrogens is 286 g/mol. The molecule has 0 amide bonds. The average molecular weight is 307 g/mol. The van der Waals surface area contributed by atoms with Crippen LogP contribution in [0.5, 0.6) is 0 Å². The number of likely N-dealkylation sites (N-methyl/N-ethyl adjacent to an activating group) is 1. The number of hydrogen-bond acceptors (Lipinski definition) is 4. The van der Waals surface area contributed by atoms with Crippen molar-refractivity contribution < 1.29 is 0 Å². The first-order valence-corrected chi connectivity index (χ1v) is 8.06. The third-order valence-electron chi connectivity index (χ3n) is 4.53. The monoisotopic (exact) mass is 307 g/mol. The molecule has 0 aliphatic carbocycles. The smallest absolute Gasteiger partial charge is 0.233 e. The molecule has 118 valence electrons. The summed E-state index contributed by atoms with van der Waals surface area (Å²) in [6, 6.07) is 13.1. The summed E-state index contributed by atoms with van der Waals surface area (Å²) in [5, 5.41) is 0. The Morgan fingerprint density at radius 1 is 1.13 bits per heavy atom. The maximum absolute atomic E-state index is 4.65. The molecule has 23 heavy (non-hydrogen) atoms. The van der Waals surface area contributed by atoms with Gasteiger partial charge in [-0.25, -0.2) is 9.97 Å². The number of aromatic nitrogens is 3. The first kappa shape index (κ1) is 14.4. The van der Waals surface area contributed by atoms with Crippen LogP contribution >= 0.6 is 0 Å². The van der Waals surface area contributed by atoms with Crippen LogP contribution in [0.2, 0.25) is 0 Å². The van der Waals surface area contributed by atoms with Crippen LogP contribution in [0, 0.1) is 0 Å². The second kappa shape index (κ2) is 6.10. The molecule has 0 radical (unpaired) electrons. The Kier molecular flexibility index (Phi) is 3.81. The van der Waals surface area contributed by atoms with Gasteiger partial charge >= 0.3 is 0 Å². The Balaban J connectivity index is 1.60. The van der Waals surface area contributed by atoms with Crippen LogP contribution in [0.4, 0.5) is 0 Å². The third-order valence-corrected chi connectivity index (χ3v) is 4.53. The number of fused-ring (bicyclic) bond motifs is 1. The SMILES string of the molecule is CN1CCN(Cc2cn3cccnc3n2)[C@@H](c2ccccc2)C1. The lowest BCUT2D eigenvalue weighted by Gasteiger charge is -2.40. The molecule has 3 heterocycles. The van der Waals surface area contributed by atoms with Crippen LogP contribution in [0.15, 0.2) is 55.0 Å². The number of imidazole rings is 1. The summed E-state index contributed by atoms with van der Waals surface area (Å²) < 4.78 is 1.99. The summed E-state index contributed by atoms with van der Waals surface area (Å²) in [4.78, 5) is 13.9. The molecule has 0 spiro atoms. The molecule has 1 saturated heterocycles. The van der Waals surface area contributed by atoms with Crippen molar-refractivity contribution in [1.29, 1.82) is 0 Å². The molecule has 5 heteroatoms. The van der Waals surface area contributed by atoms with E-state index in [0.717, 1.165) is 37.7 Å². The van der Waals surface area contributed by atoms with E-state index in [4.69, 9.17) is 0 Å². The molecule has 3 aromatic rings. The second-order valence-electron chi connectivity index (χ2n) is 6.22. The van der Waals surface area contributed by atoms with Crippen LogP contribution < -0.4 is 0 Å². The lowest BCUT2D eigenvalue weighted by molar-refractivity contribution is 0.0824. The highest BCUT2D eigenvalue weighted by Crippen LogP contribution is 2.26. The molecule has 1 atom stereocenters. The molecular formula is C18H21N5. The minimum absolute atomic E-state index is 0.410. The fourth-order valence-electron chi connectivity index (χ4n) is 3.30. The van der Waals surface area contributed by atoms with E-state index in [1.807, 2.05) is 16.7 Å². The highest BCUT2D eigenvalue weighted by Gasteiger charge is 2.27. The minimum Gasteiger partial charge on any atom is -0.303 e. The van der Waals surface area contributed by atoms with Gasteiger partial charge in [0, 0.05) is 50.8 Å². The predicted molar refractivity (Wildman–Crippen MR) is 90.1 cm³/mol. The number of benzene rings is 1. The Hall–Kier alpha value is -2.24. The summed E-state index contributed by atoms with van der Waals surface area (Å²) in [5.41, 5.74) is 2.45. The molecule has 0 unspecified atom stereocenters. The molecule has 0 bridgehead atoms. The standard InChI is InChI=1S/C18H21N5/c1-21-10-11-22(17(14-21)15-6-3-2-4-7-15)12-16-13-23-9-5-8-19-18(23)20-16/h2-9,13,17H,10-12,14H2,1H3/t17-/m1/s1. The minimum atomic E-state index is 0.410. The molecule has 1 aliphatic heterocycles. The van der Waals surface area contributed by atoms with Crippen molar-refractivity contribution in [2.45, 2.75) is 12.6 Å². The van der Waals surface area contributed by atoms with Crippen molar-refractivity contribution >= 4 is 5.78 Å². The molecule has 1 fully saturated rings. The summed E-state index contributed by atoms with van der Waals surface area (Å²) in [6.07, 6.45) is 5.87. The van der Waals surface area contributed by atoms with E-state index < -0.39 is 0 Å². The first-order valence-electron chi connectivity index (χ1n) is 8.06. The van der Waals surface area contributed by atoms with E-state index in [-0.39, 0.29) is 0 Å². The van der Waals surface area contributed by atoms with Crippen LogP contribution in [-0.4, -0.2) is 50.9 Å². The number of rotatable bonds is 3. The van der Waals surface area contributed by atoms with Gasteiger partial charge in [-0.2, -0.15) is 0 Å². The first-order chi connectivity index (χ1) is 11.3. The van der Waals surface area contributed by atoms with E-state index in [1.54, 1.807) is 6.20 Å². The van der Waals surface area contributed by atoms with Crippen molar-refractivity contribution in [3.05, 3.63) is 66.2 Å². The summed E-state index contributed by atoms with van der Waals surface area (Å²) >= 11 is 0. The number of hydrogen-bond donors (Lipinski definition) is 0. The van der Waals surface area contributed by atoms with Crippen LogP contribution in [0.1, 0.15) is 17.3 Å². The van der Waals surface area contributed by atoms with Gasteiger partial charge in [0.2, 0.25) is 5.78 Å². The van der Waals surface area contributed by atoms with Crippen molar-refractivity contribution in [3.63, 3.8) is 0 Å². The highest BCUT2D eigenvalue weighted by molar-refractivity contribution is 5.30. The van der Waals surface area contributed by atoms with Gasteiger partial charge in [0.25, 0.3) is 0 Å². The second-order valence-corrected chi connectivity index (χ2v) is 6.22. The molecule has 4 rings (SSSR count). The predicted octanol–water partition coefficient (Wildman–Crippen LogP) is 2.22. The van der Waals surface area contributed by atoms with Crippen molar-refractivity contribution in [3.8, 4) is 0 Å². The molecule has 5 nitrogen and oxygen atoms in total. The summed E-state index contributed by atoms with van der Waals surface area (Å²) in [6.45, 7) is 4.05. The van der Waals surface area contributed by atoms with Gasteiger partial charge in [-0.05, 0) is 18.7 Å². The zero-order valence-corrected chi connectivity index (χ0v) is 13.3. The lowest BCUT2D eigenvalue weighted by Crippen LogP contribution is -2.46. The van der Waals surface area contributed by atoms with Gasteiger partial charge in [0.1, 0.15) is 0 Å². The Morgan fingerprint density at radius 3 is 2.83 bits per heavy atom. The third kappa shape index (κ3) is 2.98. The summed E-state index contributed by atoms with van der Waals surface area (Å²) in [7, 11) is 2.20. The Morgan fingerprint density at radius 2 is 2.00 bits per heavy atom. The maximum Gasteiger partial charge on any atom is 0.233 e. The number of piperazine rings is 1. The van der Waals surface area contributed by atoms with Crippen molar-refractivity contribution in [1.82, 2.24) is 24.2 Å². The Bertz CT molecular complexity index is 749. The summed E-state index contributed by atoms with van der Waals surface area (Å²) in [5.74, 6) is 0.771. The van der Waals surface area contributed by atoms with Gasteiger partial charge < -0.3 is 4.90 Å². The van der Waals surface area contributed by atoms with E-state index in [0.29, 0.717) is 6.04 Å². The van der Waals surface area contributed by atoms with Gasteiger partial charge in [-0.1, -0.05) is 30.3 Å². The molecule has 0 N–H and O–H groups in total. The van der Waals surface area contributed by atoms with Crippen molar-refractivity contribution in [2.24, 2.45) is 0 Å². The number of nitrogens with zero attached hydrogens (tertiary/aromatic N) is 5. The van der Waals surface area contributed by atoms with Crippen LogP contribution in [0.25, 0.3) is 5.78 Å². The quantitative estimate of drug-likeness (QED) is 0.743. The lowest BCUT2D eigenvalue weighted by atomic mass is 10.0. The van der Waals surface area contributed by atoms with Gasteiger partial charge in [0.05, 0.1) is 5.69 Å². The molecule has 2 aromatic heterocycles. The van der Waals surface area contributed by atoms with Crippen LogP contribution in [0.3, 0.4) is 0 Å². The normalized spacial score (nSPS) is 20.1. The Labute approximate surface area is 136 Å². The highest BCUT2D eigenvalue weighted by atomic mass is 15.3.